The molecule has 0 amide bonds. The fourth-order valence-electron chi connectivity index (χ4n) is 1.14. The Kier molecular flexibility index (Phi) is 2.81. The molecule has 0 atom stereocenters. The molecule has 6 nitrogen and oxygen atoms in total. The molecule has 0 bridgehead atoms. The van der Waals surface area contributed by atoms with Gasteiger partial charge in [-0.05, 0) is 19.1 Å². The Morgan fingerprint density at radius 1 is 1.80 bits per heavy atom. The third-order valence-corrected chi connectivity index (χ3v) is 2.49. The standard InChI is InChI=1S/C8H11N3O3S/c1-15-5-10-4-7(11(12)13)8(9-10)14-6-2-3-6/h4,6H,2-3,5H2,1H3. The van der Waals surface area contributed by atoms with E-state index in [1.807, 2.05) is 6.26 Å². The maximum atomic E-state index is 10.7. The minimum absolute atomic E-state index is 0.0454. The van der Waals surface area contributed by atoms with Crippen LogP contribution in [-0.4, -0.2) is 27.1 Å². The molecule has 15 heavy (non-hydrogen) atoms. The quantitative estimate of drug-likeness (QED) is 0.567. The second kappa shape index (κ2) is 4.09. The summed E-state index contributed by atoms with van der Waals surface area (Å²) in [5.41, 5.74) is -0.0454. The second-order valence-electron chi connectivity index (χ2n) is 3.35. The molecule has 82 valence electrons. The first-order valence-electron chi connectivity index (χ1n) is 4.58. The number of thioether (sulfide) groups is 1. The topological polar surface area (TPSA) is 70.2 Å². The normalized spacial score (nSPS) is 15.3. The lowest BCUT2D eigenvalue weighted by Gasteiger charge is -1.98. The number of ether oxygens (including phenoxy) is 1. The minimum atomic E-state index is -0.457. The van der Waals surface area contributed by atoms with Gasteiger partial charge in [-0.3, -0.25) is 14.8 Å². The summed E-state index contributed by atoms with van der Waals surface area (Å²) in [4.78, 5) is 10.2. The van der Waals surface area contributed by atoms with Crippen molar-refractivity contribution in [2.45, 2.75) is 24.8 Å². The van der Waals surface area contributed by atoms with Crippen LogP contribution in [0.5, 0.6) is 5.88 Å². The van der Waals surface area contributed by atoms with Crippen LogP contribution in [0.25, 0.3) is 0 Å². The van der Waals surface area contributed by atoms with E-state index in [2.05, 4.69) is 5.10 Å². The fourth-order valence-corrected chi connectivity index (χ4v) is 1.54. The first-order valence-corrected chi connectivity index (χ1v) is 5.97. The van der Waals surface area contributed by atoms with E-state index < -0.39 is 4.92 Å². The van der Waals surface area contributed by atoms with Gasteiger partial charge in [0.2, 0.25) is 0 Å². The molecular formula is C8H11N3O3S. The summed E-state index contributed by atoms with van der Waals surface area (Å²) in [5.74, 6) is 0.742. The molecule has 1 saturated carbocycles. The van der Waals surface area contributed by atoms with Crippen LogP contribution in [0, 0.1) is 10.1 Å². The zero-order valence-corrected chi connectivity index (χ0v) is 9.07. The monoisotopic (exact) mass is 229 g/mol. The Morgan fingerprint density at radius 2 is 2.53 bits per heavy atom. The molecule has 0 N–H and O–H groups in total. The molecule has 0 saturated heterocycles. The van der Waals surface area contributed by atoms with Gasteiger partial charge in [-0.25, -0.2) is 0 Å². The van der Waals surface area contributed by atoms with Crippen LogP contribution in [0.3, 0.4) is 0 Å². The second-order valence-corrected chi connectivity index (χ2v) is 4.19. The Balaban J connectivity index is 2.19. The Bertz CT molecular complexity index is 375. The van der Waals surface area contributed by atoms with Crippen molar-refractivity contribution in [1.29, 1.82) is 0 Å². The molecule has 0 radical (unpaired) electrons. The lowest BCUT2D eigenvalue weighted by atomic mass is 10.5. The van der Waals surface area contributed by atoms with Crippen molar-refractivity contribution in [3.8, 4) is 5.88 Å². The van der Waals surface area contributed by atoms with Crippen molar-refractivity contribution >= 4 is 17.4 Å². The lowest BCUT2D eigenvalue weighted by Crippen LogP contribution is -2.00. The largest absolute Gasteiger partial charge is 0.468 e. The van der Waals surface area contributed by atoms with E-state index in [0.717, 1.165) is 12.8 Å². The van der Waals surface area contributed by atoms with Gasteiger partial charge >= 0.3 is 11.6 Å². The fraction of sp³-hybridized carbons (Fsp3) is 0.625. The molecular weight excluding hydrogens is 218 g/mol. The van der Waals surface area contributed by atoms with Gasteiger partial charge in [-0.2, -0.15) is 0 Å². The van der Waals surface area contributed by atoms with Crippen molar-refractivity contribution in [1.82, 2.24) is 9.78 Å². The molecule has 1 aromatic rings. The van der Waals surface area contributed by atoms with Gasteiger partial charge in [0.15, 0.2) is 0 Å². The molecule has 0 aromatic carbocycles. The number of aromatic nitrogens is 2. The van der Waals surface area contributed by atoms with Gasteiger partial charge in [0.25, 0.3) is 0 Å². The molecule has 0 unspecified atom stereocenters. The summed E-state index contributed by atoms with van der Waals surface area (Å²) in [6.45, 7) is 0. The van der Waals surface area contributed by atoms with Crippen LogP contribution < -0.4 is 4.74 Å². The van der Waals surface area contributed by atoms with Gasteiger partial charge < -0.3 is 4.74 Å². The predicted octanol–water partition coefficient (Wildman–Crippen LogP) is 1.65. The van der Waals surface area contributed by atoms with Crippen LogP contribution in [-0.2, 0) is 5.88 Å². The Morgan fingerprint density at radius 3 is 3.07 bits per heavy atom. The number of nitrogens with zero attached hydrogens (tertiary/aromatic N) is 3. The van der Waals surface area contributed by atoms with Crippen LogP contribution in [0.1, 0.15) is 12.8 Å². The van der Waals surface area contributed by atoms with Crippen molar-refractivity contribution in [3.63, 3.8) is 0 Å². The van der Waals surface area contributed by atoms with Crippen LogP contribution in [0.4, 0.5) is 5.69 Å². The van der Waals surface area contributed by atoms with E-state index in [1.54, 1.807) is 11.8 Å². The lowest BCUT2D eigenvalue weighted by molar-refractivity contribution is -0.386. The van der Waals surface area contributed by atoms with Crippen molar-refractivity contribution in [2.24, 2.45) is 0 Å². The zero-order chi connectivity index (χ0) is 10.8. The first kappa shape index (κ1) is 10.3. The van der Waals surface area contributed by atoms with E-state index in [4.69, 9.17) is 4.74 Å². The highest BCUT2D eigenvalue weighted by molar-refractivity contribution is 7.97. The summed E-state index contributed by atoms with van der Waals surface area (Å²) in [7, 11) is 0. The number of rotatable bonds is 5. The molecule has 0 spiro atoms. The molecule has 1 fully saturated rings. The van der Waals surface area contributed by atoms with Crippen molar-refractivity contribution in [3.05, 3.63) is 16.3 Å². The summed E-state index contributed by atoms with van der Waals surface area (Å²) in [6, 6.07) is 0. The molecule has 1 heterocycles. The van der Waals surface area contributed by atoms with Crippen LogP contribution in [0.2, 0.25) is 0 Å². The Labute approximate surface area is 90.7 Å². The predicted molar refractivity (Wildman–Crippen MR) is 56.0 cm³/mol. The van der Waals surface area contributed by atoms with Crippen LogP contribution in [0.15, 0.2) is 6.20 Å². The minimum Gasteiger partial charge on any atom is -0.468 e. The maximum absolute atomic E-state index is 10.7. The summed E-state index contributed by atoms with van der Waals surface area (Å²) in [5, 5.41) is 14.7. The highest BCUT2D eigenvalue weighted by Crippen LogP contribution is 2.32. The zero-order valence-electron chi connectivity index (χ0n) is 8.25. The SMILES string of the molecule is CSCn1cc([N+](=O)[O-])c(OC2CC2)n1. The average molecular weight is 229 g/mol. The molecule has 1 aliphatic rings. The average Bonchev–Trinajstić information content (AvgIpc) is 2.88. The van der Waals surface area contributed by atoms with E-state index in [1.165, 1.54) is 10.9 Å². The van der Waals surface area contributed by atoms with Gasteiger partial charge in [0.05, 0.1) is 10.8 Å². The summed E-state index contributed by atoms with van der Waals surface area (Å²) >= 11 is 1.55. The first-order chi connectivity index (χ1) is 7.20. The highest BCUT2D eigenvalue weighted by atomic mass is 32.2. The summed E-state index contributed by atoms with van der Waals surface area (Å²) in [6.07, 6.45) is 5.38. The van der Waals surface area contributed by atoms with Crippen LogP contribution >= 0.6 is 11.8 Å². The molecule has 1 aliphatic carbocycles. The van der Waals surface area contributed by atoms with E-state index >= 15 is 0 Å². The van der Waals surface area contributed by atoms with E-state index in [9.17, 15) is 10.1 Å². The summed E-state index contributed by atoms with van der Waals surface area (Å²) < 4.78 is 6.89. The molecule has 7 heteroatoms. The molecule has 1 aromatic heterocycles. The van der Waals surface area contributed by atoms with Gasteiger partial charge in [-0.1, -0.05) is 0 Å². The smallest absolute Gasteiger partial charge is 0.350 e. The third-order valence-electron chi connectivity index (χ3n) is 1.97. The van der Waals surface area contributed by atoms with Gasteiger partial charge in [0.1, 0.15) is 12.3 Å². The number of hydrogen-bond donors (Lipinski definition) is 0. The van der Waals surface area contributed by atoms with Gasteiger partial charge in [0, 0.05) is 0 Å². The van der Waals surface area contributed by atoms with E-state index in [0.29, 0.717) is 5.88 Å². The highest BCUT2D eigenvalue weighted by Gasteiger charge is 2.29. The van der Waals surface area contributed by atoms with Gasteiger partial charge in [-0.15, -0.1) is 16.9 Å². The Hall–Kier alpha value is -1.24. The van der Waals surface area contributed by atoms with E-state index in [-0.39, 0.29) is 17.7 Å². The van der Waals surface area contributed by atoms with Crippen molar-refractivity contribution in [2.75, 3.05) is 6.26 Å². The molecule has 0 aliphatic heterocycles. The number of hydrogen-bond acceptors (Lipinski definition) is 5. The van der Waals surface area contributed by atoms with Crippen molar-refractivity contribution < 1.29 is 9.66 Å². The third kappa shape index (κ3) is 2.41. The molecule has 2 rings (SSSR count). The number of nitro groups is 1. The maximum Gasteiger partial charge on any atom is 0.350 e.